The molecule has 1 saturated heterocycles. The van der Waals surface area contributed by atoms with E-state index in [0.717, 1.165) is 50.4 Å². The van der Waals surface area contributed by atoms with Crippen molar-refractivity contribution in [1.29, 1.82) is 0 Å². The van der Waals surface area contributed by atoms with Crippen LogP contribution in [-0.4, -0.2) is 35.5 Å². The number of aromatic nitrogens is 2. The van der Waals surface area contributed by atoms with Gasteiger partial charge in [-0.2, -0.15) is 0 Å². The normalized spacial score (nSPS) is 16.0. The molecule has 0 aromatic carbocycles. The van der Waals surface area contributed by atoms with E-state index in [1.54, 1.807) is 6.07 Å². The minimum atomic E-state index is -0.0967. The summed E-state index contributed by atoms with van der Waals surface area (Å²) in [4.78, 5) is 23.3. The number of hydrogen-bond acceptors (Lipinski definition) is 4. The SMILES string of the molecule is CCCCNC(=O)c1cc(C)nc(N2CCC(C)CC2)n1. The molecule has 2 heterocycles. The molecule has 5 nitrogen and oxygen atoms in total. The molecule has 0 atom stereocenters. The molecule has 1 fully saturated rings. The van der Waals surface area contributed by atoms with E-state index in [0.29, 0.717) is 18.2 Å². The lowest BCUT2D eigenvalue weighted by molar-refractivity contribution is 0.0948. The molecule has 1 N–H and O–H groups in total. The summed E-state index contributed by atoms with van der Waals surface area (Å²) in [7, 11) is 0. The summed E-state index contributed by atoms with van der Waals surface area (Å²) in [5.41, 5.74) is 1.33. The van der Waals surface area contributed by atoms with Crippen molar-refractivity contribution in [3.8, 4) is 0 Å². The third-order valence-electron chi connectivity index (χ3n) is 3.96. The predicted molar refractivity (Wildman–Crippen MR) is 84.6 cm³/mol. The van der Waals surface area contributed by atoms with Gasteiger partial charge < -0.3 is 10.2 Å². The maximum Gasteiger partial charge on any atom is 0.270 e. The Morgan fingerprint density at radius 2 is 2.10 bits per heavy atom. The van der Waals surface area contributed by atoms with Crippen molar-refractivity contribution in [1.82, 2.24) is 15.3 Å². The summed E-state index contributed by atoms with van der Waals surface area (Å²) < 4.78 is 0. The standard InChI is InChI=1S/C16H26N4O/c1-4-5-8-17-15(21)14-11-13(3)18-16(19-14)20-9-6-12(2)7-10-20/h11-12H,4-10H2,1-3H3,(H,17,21). The molecule has 1 aliphatic heterocycles. The zero-order chi connectivity index (χ0) is 15.2. The summed E-state index contributed by atoms with van der Waals surface area (Å²) >= 11 is 0. The Morgan fingerprint density at radius 1 is 1.38 bits per heavy atom. The number of hydrogen-bond donors (Lipinski definition) is 1. The molecule has 0 saturated carbocycles. The van der Waals surface area contributed by atoms with Crippen molar-refractivity contribution in [3.05, 3.63) is 17.5 Å². The van der Waals surface area contributed by atoms with Crippen molar-refractivity contribution < 1.29 is 4.79 Å². The fraction of sp³-hybridized carbons (Fsp3) is 0.688. The van der Waals surface area contributed by atoms with Crippen LogP contribution in [0, 0.1) is 12.8 Å². The van der Waals surface area contributed by atoms with E-state index in [1.165, 1.54) is 0 Å². The molecule has 1 aromatic heterocycles. The van der Waals surface area contributed by atoms with Crippen LogP contribution in [0.5, 0.6) is 0 Å². The van der Waals surface area contributed by atoms with Gasteiger partial charge in [0.1, 0.15) is 5.69 Å². The van der Waals surface area contributed by atoms with Gasteiger partial charge >= 0.3 is 0 Å². The molecular formula is C16H26N4O. The molecule has 1 aromatic rings. The quantitative estimate of drug-likeness (QED) is 0.847. The summed E-state index contributed by atoms with van der Waals surface area (Å²) in [5.74, 6) is 1.37. The highest BCUT2D eigenvalue weighted by Crippen LogP contribution is 2.20. The molecule has 0 unspecified atom stereocenters. The molecule has 0 spiro atoms. The zero-order valence-electron chi connectivity index (χ0n) is 13.4. The number of unbranched alkanes of at least 4 members (excludes halogenated alkanes) is 1. The second-order valence-electron chi connectivity index (χ2n) is 5.97. The van der Waals surface area contributed by atoms with E-state index >= 15 is 0 Å². The molecule has 2 rings (SSSR count). The topological polar surface area (TPSA) is 58.1 Å². The molecule has 116 valence electrons. The Bertz CT molecular complexity index is 481. The largest absolute Gasteiger partial charge is 0.351 e. The second-order valence-corrected chi connectivity index (χ2v) is 5.97. The molecule has 0 radical (unpaired) electrons. The van der Waals surface area contributed by atoms with E-state index in [2.05, 4.69) is 34.0 Å². The monoisotopic (exact) mass is 290 g/mol. The van der Waals surface area contributed by atoms with Gasteiger partial charge in [0.05, 0.1) is 0 Å². The van der Waals surface area contributed by atoms with Gasteiger partial charge in [0, 0.05) is 25.3 Å². The highest BCUT2D eigenvalue weighted by Gasteiger charge is 2.19. The molecule has 5 heteroatoms. The van der Waals surface area contributed by atoms with Gasteiger partial charge in [-0.3, -0.25) is 4.79 Å². The average molecular weight is 290 g/mol. The van der Waals surface area contributed by atoms with Crippen molar-refractivity contribution in [2.75, 3.05) is 24.5 Å². The Balaban J connectivity index is 2.08. The van der Waals surface area contributed by atoms with E-state index < -0.39 is 0 Å². The number of nitrogens with zero attached hydrogens (tertiary/aromatic N) is 3. The summed E-state index contributed by atoms with van der Waals surface area (Å²) in [6.45, 7) is 8.95. The first-order chi connectivity index (χ1) is 10.1. The van der Waals surface area contributed by atoms with Crippen LogP contribution in [0.4, 0.5) is 5.95 Å². The van der Waals surface area contributed by atoms with Crippen LogP contribution in [0.25, 0.3) is 0 Å². The van der Waals surface area contributed by atoms with E-state index in [9.17, 15) is 4.79 Å². The number of rotatable bonds is 5. The molecular weight excluding hydrogens is 264 g/mol. The van der Waals surface area contributed by atoms with Crippen LogP contribution in [0.1, 0.15) is 55.7 Å². The zero-order valence-corrected chi connectivity index (χ0v) is 13.4. The Kier molecular flexibility index (Phi) is 5.53. The van der Waals surface area contributed by atoms with E-state index in [4.69, 9.17) is 0 Å². The highest BCUT2D eigenvalue weighted by atomic mass is 16.1. The maximum atomic E-state index is 12.1. The fourth-order valence-electron chi connectivity index (χ4n) is 2.49. The van der Waals surface area contributed by atoms with Crippen molar-refractivity contribution in [2.24, 2.45) is 5.92 Å². The minimum Gasteiger partial charge on any atom is -0.351 e. The number of carbonyl (C=O) groups excluding carboxylic acids is 1. The van der Waals surface area contributed by atoms with E-state index in [1.807, 2.05) is 6.92 Å². The number of piperidine rings is 1. The third kappa shape index (κ3) is 4.41. The predicted octanol–water partition coefficient (Wildman–Crippen LogP) is 2.55. The van der Waals surface area contributed by atoms with Crippen LogP contribution >= 0.6 is 0 Å². The summed E-state index contributed by atoms with van der Waals surface area (Å²) in [6.07, 6.45) is 4.39. The van der Waals surface area contributed by atoms with Gasteiger partial charge in [0.25, 0.3) is 5.91 Å². The average Bonchev–Trinajstić information content (AvgIpc) is 2.47. The highest BCUT2D eigenvalue weighted by molar-refractivity contribution is 5.92. The van der Waals surface area contributed by atoms with Crippen LogP contribution in [0.3, 0.4) is 0 Å². The molecule has 1 amide bonds. The van der Waals surface area contributed by atoms with Gasteiger partial charge in [-0.15, -0.1) is 0 Å². The molecule has 0 bridgehead atoms. The van der Waals surface area contributed by atoms with Gasteiger partial charge in [-0.25, -0.2) is 9.97 Å². The number of carbonyl (C=O) groups is 1. The van der Waals surface area contributed by atoms with Gasteiger partial charge in [0.15, 0.2) is 0 Å². The minimum absolute atomic E-state index is 0.0967. The fourth-order valence-corrected chi connectivity index (χ4v) is 2.49. The lowest BCUT2D eigenvalue weighted by Gasteiger charge is -2.30. The number of nitrogens with one attached hydrogen (secondary N) is 1. The van der Waals surface area contributed by atoms with E-state index in [-0.39, 0.29) is 5.91 Å². The first-order valence-electron chi connectivity index (χ1n) is 7.99. The Labute approximate surface area is 127 Å². The number of aryl methyl sites for hydroxylation is 1. The molecule has 21 heavy (non-hydrogen) atoms. The van der Waals surface area contributed by atoms with Crippen molar-refractivity contribution in [2.45, 2.75) is 46.5 Å². The lowest BCUT2D eigenvalue weighted by Crippen LogP contribution is -2.35. The lowest BCUT2D eigenvalue weighted by atomic mass is 10.00. The van der Waals surface area contributed by atoms with Gasteiger partial charge in [-0.1, -0.05) is 20.3 Å². The first kappa shape index (κ1) is 15.7. The third-order valence-corrected chi connectivity index (χ3v) is 3.96. The van der Waals surface area contributed by atoms with Gasteiger partial charge in [0.2, 0.25) is 5.95 Å². The Morgan fingerprint density at radius 3 is 2.76 bits per heavy atom. The van der Waals surface area contributed by atoms with Crippen LogP contribution < -0.4 is 10.2 Å². The van der Waals surface area contributed by atoms with Crippen molar-refractivity contribution >= 4 is 11.9 Å². The van der Waals surface area contributed by atoms with Crippen LogP contribution in [-0.2, 0) is 0 Å². The molecule has 0 aliphatic carbocycles. The van der Waals surface area contributed by atoms with Crippen molar-refractivity contribution in [3.63, 3.8) is 0 Å². The maximum absolute atomic E-state index is 12.1. The van der Waals surface area contributed by atoms with Crippen LogP contribution in [0.2, 0.25) is 0 Å². The summed E-state index contributed by atoms with van der Waals surface area (Å²) in [5, 5.41) is 2.92. The second kappa shape index (κ2) is 7.38. The number of anilines is 1. The number of amides is 1. The van der Waals surface area contributed by atoms with Crippen LogP contribution in [0.15, 0.2) is 6.07 Å². The smallest absolute Gasteiger partial charge is 0.270 e. The molecule has 1 aliphatic rings. The first-order valence-corrected chi connectivity index (χ1v) is 7.99. The Hall–Kier alpha value is -1.65. The summed E-state index contributed by atoms with van der Waals surface area (Å²) in [6, 6.07) is 1.76. The van der Waals surface area contributed by atoms with Gasteiger partial charge in [-0.05, 0) is 38.2 Å².